The monoisotopic (exact) mass is 309 g/mol. The molecule has 0 fully saturated rings. The third-order valence-corrected chi connectivity index (χ3v) is 4.45. The lowest BCUT2D eigenvalue weighted by atomic mass is 9.75. The van der Waals surface area contributed by atoms with Gasteiger partial charge in [0.25, 0.3) is 0 Å². The SMILES string of the molecule is CC(=O)C1C(C)=NC(SCC#N)=C(C#N)C1c1ccccc1. The Kier molecular flexibility index (Phi) is 5.14. The molecule has 0 aliphatic carbocycles. The van der Waals surface area contributed by atoms with E-state index in [1.54, 1.807) is 0 Å². The number of benzene rings is 1. The highest BCUT2D eigenvalue weighted by Crippen LogP contribution is 2.41. The summed E-state index contributed by atoms with van der Waals surface area (Å²) in [5.41, 5.74) is 2.08. The van der Waals surface area contributed by atoms with Crippen molar-refractivity contribution in [2.75, 3.05) is 5.75 Å². The fraction of sp³-hybridized carbons (Fsp3) is 0.294. The maximum absolute atomic E-state index is 12.1. The average Bonchev–Trinajstić information content (AvgIpc) is 2.52. The minimum Gasteiger partial charge on any atom is -0.299 e. The number of ketones is 1. The zero-order valence-corrected chi connectivity index (χ0v) is 13.2. The number of nitrogens with zero attached hydrogens (tertiary/aromatic N) is 3. The molecule has 1 aliphatic heterocycles. The fourth-order valence-corrected chi connectivity index (χ4v) is 3.45. The molecule has 2 unspecified atom stereocenters. The van der Waals surface area contributed by atoms with Crippen LogP contribution in [0.15, 0.2) is 45.9 Å². The Morgan fingerprint density at radius 1 is 1.32 bits per heavy atom. The van der Waals surface area contributed by atoms with E-state index < -0.39 is 5.92 Å². The summed E-state index contributed by atoms with van der Waals surface area (Å²) in [4.78, 5) is 16.5. The molecule has 22 heavy (non-hydrogen) atoms. The number of hydrogen-bond acceptors (Lipinski definition) is 5. The number of nitriles is 2. The number of aliphatic imine (C=N–C) groups is 1. The predicted octanol–water partition coefficient (Wildman–Crippen LogP) is 3.44. The number of allylic oxidation sites excluding steroid dienone is 1. The smallest absolute Gasteiger partial charge is 0.139 e. The highest BCUT2D eigenvalue weighted by Gasteiger charge is 2.37. The topological polar surface area (TPSA) is 77.0 Å². The van der Waals surface area contributed by atoms with Crippen LogP contribution in [0.1, 0.15) is 25.3 Å². The predicted molar refractivity (Wildman–Crippen MR) is 87.2 cm³/mol. The standard InChI is InChI=1S/C17H15N3OS/c1-11-15(12(2)21)16(13-6-4-3-5-7-13)14(10-19)17(20-11)22-9-8-18/h3-7,15-16H,9H2,1-2H3. The summed E-state index contributed by atoms with van der Waals surface area (Å²) >= 11 is 1.24. The van der Waals surface area contributed by atoms with E-state index in [0.29, 0.717) is 16.3 Å². The summed E-state index contributed by atoms with van der Waals surface area (Å²) in [7, 11) is 0. The highest BCUT2D eigenvalue weighted by atomic mass is 32.2. The van der Waals surface area contributed by atoms with Crippen LogP contribution in [0, 0.1) is 28.6 Å². The van der Waals surface area contributed by atoms with Gasteiger partial charge in [-0.3, -0.25) is 4.79 Å². The van der Waals surface area contributed by atoms with Crippen LogP contribution in [0.25, 0.3) is 0 Å². The van der Waals surface area contributed by atoms with Gasteiger partial charge in [0, 0.05) is 11.6 Å². The van der Waals surface area contributed by atoms with E-state index in [1.165, 1.54) is 18.7 Å². The van der Waals surface area contributed by atoms with Crippen LogP contribution in [0.2, 0.25) is 0 Å². The molecule has 2 atom stereocenters. The molecular weight excluding hydrogens is 294 g/mol. The molecular formula is C17H15N3OS. The van der Waals surface area contributed by atoms with Gasteiger partial charge in [-0.05, 0) is 19.4 Å². The molecule has 0 radical (unpaired) electrons. The van der Waals surface area contributed by atoms with Crippen LogP contribution in [0.4, 0.5) is 0 Å². The normalized spacial score (nSPS) is 20.8. The molecule has 110 valence electrons. The van der Waals surface area contributed by atoms with E-state index >= 15 is 0 Å². The van der Waals surface area contributed by atoms with Gasteiger partial charge in [0.05, 0.1) is 29.4 Å². The molecule has 1 heterocycles. The van der Waals surface area contributed by atoms with Crippen molar-refractivity contribution in [2.24, 2.45) is 10.9 Å². The maximum Gasteiger partial charge on any atom is 0.139 e. The molecule has 0 spiro atoms. The van der Waals surface area contributed by atoms with E-state index in [-0.39, 0.29) is 17.5 Å². The van der Waals surface area contributed by atoms with Crippen molar-refractivity contribution >= 4 is 23.3 Å². The van der Waals surface area contributed by atoms with Crippen molar-refractivity contribution in [1.82, 2.24) is 0 Å². The summed E-state index contributed by atoms with van der Waals surface area (Å²) < 4.78 is 0. The van der Waals surface area contributed by atoms with E-state index in [9.17, 15) is 10.1 Å². The summed E-state index contributed by atoms with van der Waals surface area (Å²) in [6.45, 7) is 3.34. The fourth-order valence-electron chi connectivity index (χ4n) is 2.71. The van der Waals surface area contributed by atoms with Crippen LogP contribution in [-0.4, -0.2) is 17.2 Å². The van der Waals surface area contributed by atoms with Crippen LogP contribution in [-0.2, 0) is 4.79 Å². The summed E-state index contributed by atoms with van der Waals surface area (Å²) in [6.07, 6.45) is 0. The Bertz CT molecular complexity index is 723. The maximum atomic E-state index is 12.1. The summed E-state index contributed by atoms with van der Waals surface area (Å²) in [5, 5.41) is 18.9. The molecule has 0 N–H and O–H groups in total. The molecule has 1 aromatic rings. The second kappa shape index (κ2) is 7.06. The second-order valence-electron chi connectivity index (χ2n) is 5.01. The van der Waals surface area contributed by atoms with Crippen molar-refractivity contribution in [2.45, 2.75) is 19.8 Å². The van der Waals surface area contributed by atoms with E-state index in [2.05, 4.69) is 11.1 Å². The third-order valence-electron chi connectivity index (χ3n) is 3.59. The van der Waals surface area contributed by atoms with Gasteiger partial charge in [-0.15, -0.1) is 0 Å². The van der Waals surface area contributed by atoms with E-state index in [1.807, 2.05) is 43.3 Å². The number of carbonyl (C=O) groups is 1. The first-order valence-corrected chi connectivity index (χ1v) is 7.83. The molecule has 0 saturated carbocycles. The zero-order valence-electron chi connectivity index (χ0n) is 12.4. The minimum absolute atomic E-state index is 0.00723. The van der Waals surface area contributed by atoms with Gasteiger partial charge < -0.3 is 0 Å². The van der Waals surface area contributed by atoms with Crippen molar-refractivity contribution in [3.05, 3.63) is 46.5 Å². The molecule has 5 heteroatoms. The number of hydrogen-bond donors (Lipinski definition) is 0. The molecule has 0 saturated heterocycles. The highest BCUT2D eigenvalue weighted by molar-refractivity contribution is 8.03. The van der Waals surface area contributed by atoms with Gasteiger partial charge in [0.2, 0.25) is 0 Å². The van der Waals surface area contributed by atoms with Crippen LogP contribution in [0.5, 0.6) is 0 Å². The lowest BCUT2D eigenvalue weighted by molar-refractivity contribution is -0.119. The van der Waals surface area contributed by atoms with Gasteiger partial charge >= 0.3 is 0 Å². The van der Waals surface area contributed by atoms with Gasteiger partial charge in [-0.25, -0.2) is 4.99 Å². The first-order chi connectivity index (χ1) is 10.6. The number of rotatable bonds is 4. The molecule has 1 aliphatic rings. The lowest BCUT2D eigenvalue weighted by Gasteiger charge is -2.29. The second-order valence-corrected chi connectivity index (χ2v) is 5.97. The van der Waals surface area contributed by atoms with Crippen molar-refractivity contribution in [3.63, 3.8) is 0 Å². The van der Waals surface area contributed by atoms with E-state index in [0.717, 1.165) is 5.56 Å². The van der Waals surface area contributed by atoms with Crippen LogP contribution >= 0.6 is 11.8 Å². The number of carbonyl (C=O) groups excluding carboxylic acids is 1. The van der Waals surface area contributed by atoms with Crippen molar-refractivity contribution in [3.8, 4) is 12.1 Å². The summed E-state index contributed by atoms with van der Waals surface area (Å²) in [6, 6.07) is 13.8. The quantitative estimate of drug-likeness (QED) is 0.853. The first kappa shape index (κ1) is 16.0. The molecule has 4 nitrogen and oxygen atoms in total. The van der Waals surface area contributed by atoms with Gasteiger partial charge in [-0.2, -0.15) is 10.5 Å². The zero-order chi connectivity index (χ0) is 16.1. The Morgan fingerprint density at radius 2 is 2.00 bits per heavy atom. The molecule has 2 rings (SSSR count). The molecule has 0 aromatic heterocycles. The number of thioether (sulfide) groups is 1. The Hall–Kier alpha value is -2.37. The van der Waals surface area contributed by atoms with Crippen molar-refractivity contribution in [1.29, 1.82) is 10.5 Å². The Labute approximate surface area is 134 Å². The largest absolute Gasteiger partial charge is 0.299 e. The molecule has 0 bridgehead atoms. The summed E-state index contributed by atoms with van der Waals surface area (Å²) in [5.74, 6) is -0.540. The molecule has 1 aromatic carbocycles. The number of Topliss-reactive ketones (excluding diaryl/α,β-unsaturated/α-hetero) is 1. The Morgan fingerprint density at radius 3 is 2.55 bits per heavy atom. The van der Waals surface area contributed by atoms with Gasteiger partial charge in [-0.1, -0.05) is 42.1 Å². The van der Waals surface area contributed by atoms with Gasteiger partial charge in [0.1, 0.15) is 10.8 Å². The van der Waals surface area contributed by atoms with Crippen molar-refractivity contribution < 1.29 is 4.79 Å². The first-order valence-electron chi connectivity index (χ1n) is 6.84. The average molecular weight is 309 g/mol. The van der Waals surface area contributed by atoms with Gasteiger partial charge in [0.15, 0.2) is 0 Å². The van der Waals surface area contributed by atoms with Crippen LogP contribution < -0.4 is 0 Å². The van der Waals surface area contributed by atoms with Crippen LogP contribution in [0.3, 0.4) is 0 Å². The molecule has 0 amide bonds. The minimum atomic E-state index is -0.427. The lowest BCUT2D eigenvalue weighted by Crippen LogP contribution is -2.31. The van der Waals surface area contributed by atoms with E-state index in [4.69, 9.17) is 5.26 Å². The Balaban J connectivity index is 2.59. The third kappa shape index (κ3) is 3.10.